The van der Waals surface area contributed by atoms with Gasteiger partial charge in [0.15, 0.2) is 0 Å². The average Bonchev–Trinajstić information content (AvgIpc) is 2.63. The van der Waals surface area contributed by atoms with Crippen molar-refractivity contribution in [3.63, 3.8) is 0 Å². The summed E-state index contributed by atoms with van der Waals surface area (Å²) >= 11 is 1.08. The maximum absolute atomic E-state index is 11.6. The highest BCUT2D eigenvalue weighted by Gasteiger charge is 2.24. The van der Waals surface area contributed by atoms with Crippen LogP contribution in [0.3, 0.4) is 0 Å². The highest BCUT2D eigenvalue weighted by atomic mass is 32.1. The standard InChI is InChI=1S/C10H14N2O3S/c1-4-5-6(9(13)12-2)8(11)16-7(5)10(14)15-3/h4,11H2,1-3H3,(H,12,13). The van der Waals surface area contributed by atoms with Crippen LogP contribution >= 0.6 is 11.3 Å². The molecule has 1 amide bonds. The molecule has 0 saturated carbocycles. The van der Waals surface area contributed by atoms with Crippen molar-refractivity contribution < 1.29 is 14.3 Å². The fourth-order valence-corrected chi connectivity index (χ4v) is 2.53. The number of esters is 1. The molecular formula is C10H14N2O3S. The molecule has 0 unspecified atom stereocenters. The van der Waals surface area contributed by atoms with Gasteiger partial charge in [-0.1, -0.05) is 6.92 Å². The molecule has 1 aromatic heterocycles. The average molecular weight is 242 g/mol. The Morgan fingerprint density at radius 3 is 2.56 bits per heavy atom. The smallest absolute Gasteiger partial charge is 0.348 e. The third kappa shape index (κ3) is 2.01. The molecule has 3 N–H and O–H groups in total. The molecule has 1 rings (SSSR count). The van der Waals surface area contributed by atoms with E-state index in [1.807, 2.05) is 6.92 Å². The van der Waals surface area contributed by atoms with Gasteiger partial charge in [-0.05, 0) is 12.0 Å². The Bertz CT molecular complexity index is 426. The number of nitrogens with one attached hydrogen (secondary N) is 1. The van der Waals surface area contributed by atoms with Gasteiger partial charge in [0.25, 0.3) is 5.91 Å². The number of ether oxygens (including phenoxy) is 1. The lowest BCUT2D eigenvalue weighted by Crippen LogP contribution is -2.20. The molecule has 5 nitrogen and oxygen atoms in total. The van der Waals surface area contributed by atoms with Crippen molar-refractivity contribution in [2.24, 2.45) is 0 Å². The second kappa shape index (κ2) is 4.98. The van der Waals surface area contributed by atoms with Gasteiger partial charge in [-0.15, -0.1) is 11.3 Å². The Labute approximate surface area is 97.6 Å². The fourth-order valence-electron chi connectivity index (χ4n) is 1.45. The zero-order valence-electron chi connectivity index (χ0n) is 9.42. The zero-order chi connectivity index (χ0) is 12.3. The van der Waals surface area contributed by atoms with Crippen LogP contribution in [0.5, 0.6) is 0 Å². The second-order valence-corrected chi connectivity index (χ2v) is 4.13. The minimum absolute atomic E-state index is 0.277. The van der Waals surface area contributed by atoms with Crippen LogP contribution in [-0.4, -0.2) is 26.0 Å². The number of methoxy groups -OCH3 is 1. The fraction of sp³-hybridized carbons (Fsp3) is 0.400. The van der Waals surface area contributed by atoms with Crippen LogP contribution in [0.4, 0.5) is 5.00 Å². The third-order valence-corrected chi connectivity index (χ3v) is 3.25. The Balaban J connectivity index is 3.34. The van der Waals surface area contributed by atoms with Gasteiger partial charge in [0.05, 0.1) is 17.7 Å². The summed E-state index contributed by atoms with van der Waals surface area (Å²) in [6.07, 6.45) is 0.556. The van der Waals surface area contributed by atoms with Gasteiger partial charge in [-0.3, -0.25) is 4.79 Å². The molecule has 0 spiro atoms. The van der Waals surface area contributed by atoms with E-state index in [-0.39, 0.29) is 5.91 Å². The molecule has 6 heteroatoms. The summed E-state index contributed by atoms with van der Waals surface area (Å²) in [5, 5.41) is 2.85. The first-order valence-electron chi connectivity index (χ1n) is 4.78. The highest BCUT2D eigenvalue weighted by Crippen LogP contribution is 2.31. The highest BCUT2D eigenvalue weighted by molar-refractivity contribution is 7.18. The molecule has 0 aliphatic carbocycles. The maximum Gasteiger partial charge on any atom is 0.348 e. The number of nitrogen functional groups attached to an aromatic ring is 1. The molecule has 0 fully saturated rings. The lowest BCUT2D eigenvalue weighted by molar-refractivity contribution is 0.0605. The van der Waals surface area contributed by atoms with Gasteiger partial charge in [0.2, 0.25) is 0 Å². The predicted octanol–water partition coefficient (Wildman–Crippen LogP) is 1.04. The van der Waals surface area contributed by atoms with Gasteiger partial charge in [-0.25, -0.2) is 4.79 Å². The van der Waals surface area contributed by atoms with E-state index in [1.165, 1.54) is 14.2 Å². The first kappa shape index (κ1) is 12.5. The van der Waals surface area contributed by atoms with Crippen molar-refractivity contribution in [2.45, 2.75) is 13.3 Å². The Hall–Kier alpha value is -1.56. The van der Waals surface area contributed by atoms with Gasteiger partial charge < -0.3 is 15.8 Å². The lowest BCUT2D eigenvalue weighted by Gasteiger charge is -2.03. The number of carbonyl (C=O) groups excluding carboxylic acids is 2. The molecule has 0 saturated heterocycles. The molecule has 0 radical (unpaired) electrons. The van der Waals surface area contributed by atoms with Gasteiger partial charge in [0, 0.05) is 7.05 Å². The van der Waals surface area contributed by atoms with E-state index in [0.717, 1.165) is 11.3 Å². The Kier molecular flexibility index (Phi) is 3.89. The first-order valence-corrected chi connectivity index (χ1v) is 5.59. The summed E-state index contributed by atoms with van der Waals surface area (Å²) in [7, 11) is 2.83. The molecule has 0 atom stereocenters. The quantitative estimate of drug-likeness (QED) is 0.776. The normalized spacial score (nSPS) is 9.94. The van der Waals surface area contributed by atoms with Gasteiger partial charge >= 0.3 is 5.97 Å². The van der Waals surface area contributed by atoms with Crippen LogP contribution in [-0.2, 0) is 11.2 Å². The summed E-state index contributed by atoms with van der Waals surface area (Å²) in [6, 6.07) is 0. The van der Waals surface area contributed by atoms with E-state index in [1.54, 1.807) is 0 Å². The predicted molar refractivity (Wildman–Crippen MR) is 62.8 cm³/mol. The van der Waals surface area contributed by atoms with Crippen molar-refractivity contribution in [3.8, 4) is 0 Å². The number of thiophene rings is 1. The topological polar surface area (TPSA) is 81.4 Å². The van der Waals surface area contributed by atoms with Crippen molar-refractivity contribution in [1.29, 1.82) is 0 Å². The number of nitrogens with two attached hydrogens (primary N) is 1. The van der Waals surface area contributed by atoms with Crippen LogP contribution < -0.4 is 11.1 Å². The van der Waals surface area contributed by atoms with E-state index >= 15 is 0 Å². The molecule has 88 valence electrons. The summed E-state index contributed by atoms with van der Waals surface area (Å²) in [4.78, 5) is 23.5. The number of carbonyl (C=O) groups is 2. The van der Waals surface area contributed by atoms with Crippen LogP contribution in [0.25, 0.3) is 0 Å². The van der Waals surface area contributed by atoms with Crippen LogP contribution in [0.15, 0.2) is 0 Å². The molecular weight excluding hydrogens is 228 g/mol. The van der Waals surface area contributed by atoms with Gasteiger partial charge in [0.1, 0.15) is 4.88 Å². The second-order valence-electron chi connectivity index (χ2n) is 3.07. The van der Waals surface area contributed by atoms with Crippen molar-refractivity contribution in [1.82, 2.24) is 5.32 Å². The number of hydrogen-bond acceptors (Lipinski definition) is 5. The van der Waals surface area contributed by atoms with Crippen molar-refractivity contribution in [3.05, 3.63) is 16.0 Å². The molecule has 0 aromatic carbocycles. The summed E-state index contributed by atoms with van der Waals surface area (Å²) in [6.45, 7) is 1.86. The van der Waals surface area contributed by atoms with E-state index in [9.17, 15) is 9.59 Å². The lowest BCUT2D eigenvalue weighted by atomic mass is 10.1. The molecule has 1 aromatic rings. The van der Waals surface area contributed by atoms with Crippen molar-refractivity contribution >= 4 is 28.2 Å². The van der Waals surface area contributed by atoms with Crippen LogP contribution in [0.1, 0.15) is 32.5 Å². The molecule has 1 heterocycles. The number of anilines is 1. The van der Waals surface area contributed by atoms with Crippen LogP contribution in [0.2, 0.25) is 0 Å². The largest absolute Gasteiger partial charge is 0.465 e. The molecule has 0 aliphatic rings. The SMILES string of the molecule is CCc1c(C(=O)OC)sc(N)c1C(=O)NC. The van der Waals surface area contributed by atoms with Gasteiger partial charge in [-0.2, -0.15) is 0 Å². The molecule has 0 bridgehead atoms. The summed E-state index contributed by atoms with van der Waals surface area (Å²) < 4.78 is 4.64. The Morgan fingerprint density at radius 1 is 1.50 bits per heavy atom. The number of amides is 1. The minimum Gasteiger partial charge on any atom is -0.465 e. The van der Waals surface area contributed by atoms with E-state index in [2.05, 4.69) is 10.1 Å². The summed E-state index contributed by atoms with van der Waals surface area (Å²) in [5.41, 5.74) is 6.77. The molecule has 0 aliphatic heterocycles. The minimum atomic E-state index is -0.455. The number of rotatable bonds is 3. The van der Waals surface area contributed by atoms with E-state index in [4.69, 9.17) is 5.73 Å². The number of hydrogen-bond donors (Lipinski definition) is 2. The maximum atomic E-state index is 11.6. The monoisotopic (exact) mass is 242 g/mol. The summed E-state index contributed by atoms with van der Waals surface area (Å²) in [5.74, 6) is -0.732. The molecule has 16 heavy (non-hydrogen) atoms. The zero-order valence-corrected chi connectivity index (χ0v) is 10.2. The Morgan fingerprint density at radius 2 is 2.12 bits per heavy atom. The van der Waals surface area contributed by atoms with E-state index in [0.29, 0.717) is 27.4 Å². The van der Waals surface area contributed by atoms with Crippen molar-refractivity contribution in [2.75, 3.05) is 19.9 Å². The first-order chi connectivity index (χ1) is 7.56. The van der Waals surface area contributed by atoms with E-state index < -0.39 is 5.97 Å². The third-order valence-electron chi connectivity index (χ3n) is 2.21. The van der Waals surface area contributed by atoms with Crippen LogP contribution in [0, 0.1) is 0 Å².